The van der Waals surface area contributed by atoms with Gasteiger partial charge in [0.1, 0.15) is 0 Å². The number of anilines is 2. The number of nitrogens with one attached hydrogen (secondary N) is 2. The molecule has 21 heavy (non-hydrogen) atoms. The quantitative estimate of drug-likeness (QED) is 0.674. The van der Waals surface area contributed by atoms with Crippen LogP contribution in [0.1, 0.15) is 26.7 Å². The van der Waals surface area contributed by atoms with E-state index in [-0.39, 0.29) is 6.01 Å². The van der Waals surface area contributed by atoms with Crippen LogP contribution in [0.15, 0.2) is 0 Å². The Labute approximate surface area is 124 Å². The summed E-state index contributed by atoms with van der Waals surface area (Å²) in [6.07, 6.45) is 1.20. The van der Waals surface area contributed by atoms with Crippen LogP contribution in [-0.2, 0) is 4.74 Å². The maximum absolute atomic E-state index is 10.4. The molecule has 8 nitrogen and oxygen atoms in total. The molecular formula is C13H23N5O3. The van der Waals surface area contributed by atoms with Crippen LogP contribution >= 0.6 is 0 Å². The first-order valence-corrected chi connectivity index (χ1v) is 7.32. The average Bonchev–Trinajstić information content (AvgIpc) is 2.47. The lowest BCUT2D eigenvalue weighted by Crippen LogP contribution is -2.42. The molecule has 2 heterocycles. The molecule has 1 fully saturated rings. The maximum atomic E-state index is 10.4. The zero-order valence-corrected chi connectivity index (χ0v) is 12.6. The van der Waals surface area contributed by atoms with Gasteiger partial charge in [0.25, 0.3) is 0 Å². The van der Waals surface area contributed by atoms with Crippen LogP contribution in [0.5, 0.6) is 6.01 Å². The monoisotopic (exact) mass is 297 g/mol. The Kier molecular flexibility index (Phi) is 5.51. The first-order valence-electron chi connectivity index (χ1n) is 7.32. The van der Waals surface area contributed by atoms with Crippen molar-refractivity contribution < 1.29 is 14.6 Å². The lowest BCUT2D eigenvalue weighted by molar-refractivity contribution is -0.0544. The van der Waals surface area contributed by atoms with E-state index < -0.39 is 5.60 Å². The molecule has 0 unspecified atom stereocenters. The third-order valence-electron chi connectivity index (χ3n) is 3.22. The van der Waals surface area contributed by atoms with Crippen molar-refractivity contribution >= 4 is 11.9 Å². The molecule has 0 radical (unpaired) electrons. The molecule has 0 bridgehead atoms. The highest BCUT2D eigenvalue weighted by atomic mass is 16.5. The number of ether oxygens (including phenoxy) is 2. The van der Waals surface area contributed by atoms with E-state index in [0.29, 0.717) is 57.6 Å². The van der Waals surface area contributed by atoms with E-state index in [1.54, 1.807) is 0 Å². The predicted molar refractivity (Wildman–Crippen MR) is 78.7 cm³/mol. The Morgan fingerprint density at radius 2 is 1.81 bits per heavy atom. The van der Waals surface area contributed by atoms with E-state index in [1.807, 2.05) is 13.8 Å². The smallest absolute Gasteiger partial charge is 0.323 e. The Hall–Kier alpha value is -1.67. The van der Waals surface area contributed by atoms with Gasteiger partial charge in [-0.2, -0.15) is 15.0 Å². The number of hydrogen-bond acceptors (Lipinski definition) is 8. The average molecular weight is 297 g/mol. The second-order valence-electron chi connectivity index (χ2n) is 4.92. The van der Waals surface area contributed by atoms with Gasteiger partial charge in [-0.15, -0.1) is 0 Å². The standard InChI is InChI=1S/C13H23N5O3/c1-3-14-10-16-11(18-12(17-10)21-4-2)15-9-13(19)5-7-20-8-6-13/h19H,3-9H2,1-2H3,(H2,14,15,16,17,18). The van der Waals surface area contributed by atoms with Crippen molar-refractivity contribution in [3.8, 4) is 6.01 Å². The van der Waals surface area contributed by atoms with Crippen molar-refractivity contribution in [1.29, 1.82) is 0 Å². The number of rotatable bonds is 7. The van der Waals surface area contributed by atoms with Crippen LogP contribution in [0.4, 0.5) is 11.9 Å². The third kappa shape index (κ3) is 4.68. The topological polar surface area (TPSA) is 101 Å². The molecule has 0 aliphatic carbocycles. The molecule has 0 atom stereocenters. The van der Waals surface area contributed by atoms with E-state index in [9.17, 15) is 5.11 Å². The fourth-order valence-corrected chi connectivity index (χ4v) is 2.04. The maximum Gasteiger partial charge on any atom is 0.323 e. The van der Waals surface area contributed by atoms with Gasteiger partial charge >= 0.3 is 6.01 Å². The molecule has 1 saturated heterocycles. The zero-order chi connectivity index (χ0) is 15.1. The lowest BCUT2D eigenvalue weighted by atomic mass is 9.94. The predicted octanol–water partition coefficient (Wildman–Crippen LogP) is 0.655. The van der Waals surface area contributed by atoms with Gasteiger partial charge < -0.3 is 25.2 Å². The Balaban J connectivity index is 2.03. The van der Waals surface area contributed by atoms with Crippen molar-refractivity contribution in [3.63, 3.8) is 0 Å². The SMILES string of the molecule is CCNc1nc(NCC2(O)CCOCC2)nc(OCC)n1. The van der Waals surface area contributed by atoms with Gasteiger partial charge in [0.15, 0.2) is 0 Å². The lowest BCUT2D eigenvalue weighted by Gasteiger charge is -2.32. The molecule has 0 spiro atoms. The Morgan fingerprint density at radius 3 is 2.43 bits per heavy atom. The number of hydrogen-bond donors (Lipinski definition) is 3. The van der Waals surface area contributed by atoms with Gasteiger partial charge in [0.2, 0.25) is 11.9 Å². The van der Waals surface area contributed by atoms with Crippen LogP contribution in [0, 0.1) is 0 Å². The van der Waals surface area contributed by atoms with Crippen LogP contribution in [0.3, 0.4) is 0 Å². The molecule has 8 heteroatoms. The minimum Gasteiger partial charge on any atom is -0.464 e. The molecule has 118 valence electrons. The molecule has 1 aliphatic heterocycles. The van der Waals surface area contributed by atoms with E-state index in [4.69, 9.17) is 9.47 Å². The van der Waals surface area contributed by atoms with Gasteiger partial charge in [-0.1, -0.05) is 0 Å². The van der Waals surface area contributed by atoms with Gasteiger partial charge in [-0.25, -0.2) is 0 Å². The second kappa shape index (κ2) is 7.37. The van der Waals surface area contributed by atoms with Crippen LogP contribution in [0.25, 0.3) is 0 Å². The molecule has 1 aromatic rings. The van der Waals surface area contributed by atoms with Crippen molar-refractivity contribution in [1.82, 2.24) is 15.0 Å². The molecule has 1 aromatic heterocycles. The molecule has 1 aliphatic rings. The molecule has 2 rings (SSSR count). The number of aliphatic hydroxyl groups is 1. The van der Waals surface area contributed by atoms with Gasteiger partial charge in [-0.05, 0) is 13.8 Å². The first kappa shape index (κ1) is 15.7. The fraction of sp³-hybridized carbons (Fsp3) is 0.769. The van der Waals surface area contributed by atoms with Crippen LogP contribution < -0.4 is 15.4 Å². The van der Waals surface area contributed by atoms with E-state index >= 15 is 0 Å². The summed E-state index contributed by atoms with van der Waals surface area (Å²) in [7, 11) is 0. The summed E-state index contributed by atoms with van der Waals surface area (Å²) in [5.74, 6) is 0.849. The number of nitrogens with zero attached hydrogens (tertiary/aromatic N) is 3. The molecule has 3 N–H and O–H groups in total. The molecule has 0 saturated carbocycles. The largest absolute Gasteiger partial charge is 0.464 e. The third-order valence-corrected chi connectivity index (χ3v) is 3.22. The molecule has 0 aromatic carbocycles. The highest BCUT2D eigenvalue weighted by Gasteiger charge is 2.29. The highest BCUT2D eigenvalue weighted by molar-refractivity contribution is 5.36. The second-order valence-corrected chi connectivity index (χ2v) is 4.92. The summed E-state index contributed by atoms with van der Waals surface area (Å²) in [5.41, 5.74) is -0.783. The summed E-state index contributed by atoms with van der Waals surface area (Å²) in [6.45, 7) is 6.53. The summed E-state index contributed by atoms with van der Waals surface area (Å²) in [4.78, 5) is 12.6. The fourth-order valence-electron chi connectivity index (χ4n) is 2.04. The molecular weight excluding hydrogens is 274 g/mol. The van der Waals surface area contributed by atoms with Gasteiger partial charge in [-0.3, -0.25) is 0 Å². The zero-order valence-electron chi connectivity index (χ0n) is 12.6. The van der Waals surface area contributed by atoms with Gasteiger partial charge in [0.05, 0.1) is 12.2 Å². The normalized spacial score (nSPS) is 17.3. The number of aromatic nitrogens is 3. The summed E-state index contributed by atoms with van der Waals surface area (Å²) in [5, 5.41) is 16.5. The molecule has 0 amide bonds. The van der Waals surface area contributed by atoms with E-state index in [2.05, 4.69) is 25.6 Å². The van der Waals surface area contributed by atoms with E-state index in [0.717, 1.165) is 0 Å². The minimum atomic E-state index is -0.783. The summed E-state index contributed by atoms with van der Waals surface area (Å²) >= 11 is 0. The minimum absolute atomic E-state index is 0.268. The summed E-state index contributed by atoms with van der Waals surface area (Å²) in [6, 6.07) is 0.268. The van der Waals surface area contributed by atoms with Gasteiger partial charge in [0, 0.05) is 39.1 Å². The van der Waals surface area contributed by atoms with Crippen LogP contribution in [0.2, 0.25) is 0 Å². The Morgan fingerprint density at radius 1 is 1.14 bits per heavy atom. The highest BCUT2D eigenvalue weighted by Crippen LogP contribution is 2.21. The summed E-state index contributed by atoms with van der Waals surface area (Å²) < 4.78 is 10.6. The Bertz CT molecular complexity index is 427. The van der Waals surface area contributed by atoms with Crippen LogP contribution in [-0.4, -0.2) is 58.6 Å². The van der Waals surface area contributed by atoms with E-state index in [1.165, 1.54) is 0 Å². The van der Waals surface area contributed by atoms with Crippen molar-refractivity contribution in [3.05, 3.63) is 0 Å². The van der Waals surface area contributed by atoms with Crippen molar-refractivity contribution in [2.45, 2.75) is 32.3 Å². The first-order chi connectivity index (χ1) is 10.1. The van der Waals surface area contributed by atoms with Crippen molar-refractivity contribution in [2.24, 2.45) is 0 Å². The van der Waals surface area contributed by atoms with Crippen molar-refractivity contribution in [2.75, 3.05) is 43.5 Å².